The third-order valence-corrected chi connectivity index (χ3v) is 3.98. The van der Waals surface area contributed by atoms with Crippen molar-refractivity contribution in [3.05, 3.63) is 71.8 Å². The van der Waals surface area contributed by atoms with Gasteiger partial charge in [-0.05, 0) is 29.3 Å². The molecule has 1 amide bonds. The van der Waals surface area contributed by atoms with Gasteiger partial charge in [-0.25, -0.2) is 9.59 Å². The van der Waals surface area contributed by atoms with Crippen LogP contribution in [0.3, 0.4) is 0 Å². The van der Waals surface area contributed by atoms with Gasteiger partial charge in [0.05, 0.1) is 14.2 Å². The molecule has 0 heterocycles. The molecule has 2 aromatic rings. The molecule has 0 aliphatic rings. The smallest absolute Gasteiger partial charge is 0.331 e. The summed E-state index contributed by atoms with van der Waals surface area (Å²) in [6.45, 7) is -0.506. The molecule has 7 nitrogen and oxygen atoms in total. The first-order chi connectivity index (χ1) is 14.0. The molecule has 0 radical (unpaired) electrons. The summed E-state index contributed by atoms with van der Waals surface area (Å²) >= 11 is 0. The molecule has 0 saturated heterocycles. The lowest BCUT2D eigenvalue weighted by Gasteiger charge is -2.16. The normalized spacial score (nSPS) is 11.5. The number of hydrogen-bond acceptors (Lipinski definition) is 6. The minimum absolute atomic E-state index is 0.268. The Labute approximate surface area is 169 Å². The molecule has 7 heteroatoms. The van der Waals surface area contributed by atoms with Gasteiger partial charge in [-0.2, -0.15) is 0 Å². The van der Waals surface area contributed by atoms with Gasteiger partial charge in [0.25, 0.3) is 5.91 Å². The van der Waals surface area contributed by atoms with E-state index in [0.29, 0.717) is 5.75 Å². The van der Waals surface area contributed by atoms with E-state index in [0.717, 1.165) is 11.1 Å². The maximum atomic E-state index is 12.1. The Morgan fingerprint density at radius 2 is 1.69 bits per heavy atom. The third kappa shape index (κ3) is 7.50. The first-order valence-electron chi connectivity index (χ1n) is 8.92. The average Bonchev–Trinajstić information content (AvgIpc) is 2.76. The van der Waals surface area contributed by atoms with Crippen molar-refractivity contribution in [1.82, 2.24) is 5.32 Å². The van der Waals surface area contributed by atoms with Crippen LogP contribution in [0.5, 0.6) is 5.75 Å². The number of rotatable bonds is 9. The zero-order valence-corrected chi connectivity index (χ0v) is 16.3. The lowest BCUT2D eigenvalue weighted by Crippen LogP contribution is -2.44. The molecular weight excluding hydrogens is 374 g/mol. The fourth-order valence-electron chi connectivity index (χ4n) is 2.49. The van der Waals surface area contributed by atoms with E-state index < -0.39 is 30.5 Å². The van der Waals surface area contributed by atoms with Gasteiger partial charge in [-0.1, -0.05) is 42.5 Å². The number of esters is 2. The van der Waals surface area contributed by atoms with Crippen LogP contribution in [0.2, 0.25) is 0 Å². The van der Waals surface area contributed by atoms with Gasteiger partial charge in [-0.3, -0.25) is 4.79 Å². The Morgan fingerprint density at radius 3 is 2.31 bits per heavy atom. The van der Waals surface area contributed by atoms with Gasteiger partial charge < -0.3 is 19.5 Å². The van der Waals surface area contributed by atoms with E-state index >= 15 is 0 Å². The van der Waals surface area contributed by atoms with Crippen LogP contribution < -0.4 is 10.1 Å². The molecule has 0 aliphatic carbocycles. The van der Waals surface area contributed by atoms with E-state index in [2.05, 4.69) is 5.32 Å². The van der Waals surface area contributed by atoms with Crippen molar-refractivity contribution >= 4 is 23.9 Å². The number of hydrogen-bond donors (Lipinski definition) is 1. The summed E-state index contributed by atoms with van der Waals surface area (Å²) in [7, 11) is 2.81. The van der Waals surface area contributed by atoms with Crippen LogP contribution in [0, 0.1) is 0 Å². The largest absolute Gasteiger partial charge is 0.497 e. The molecule has 0 fully saturated rings. The Balaban J connectivity index is 1.84. The van der Waals surface area contributed by atoms with Crippen molar-refractivity contribution < 1.29 is 28.6 Å². The highest BCUT2D eigenvalue weighted by molar-refractivity contribution is 5.90. The maximum Gasteiger partial charge on any atom is 0.331 e. The Kier molecular flexibility index (Phi) is 8.44. The van der Waals surface area contributed by atoms with Gasteiger partial charge >= 0.3 is 11.9 Å². The SMILES string of the molecule is COC(=O)[C@H](Cc1ccccc1)NC(=O)COC(=O)/C=C/c1ccc(OC)cc1. The molecule has 2 rings (SSSR count). The number of amides is 1. The topological polar surface area (TPSA) is 90.9 Å². The van der Waals surface area contributed by atoms with Crippen LogP contribution in [0.25, 0.3) is 6.08 Å². The molecule has 0 unspecified atom stereocenters. The zero-order valence-electron chi connectivity index (χ0n) is 16.3. The van der Waals surface area contributed by atoms with Crippen LogP contribution in [-0.2, 0) is 30.3 Å². The summed E-state index contributed by atoms with van der Waals surface area (Å²) in [6.07, 6.45) is 3.05. The molecule has 0 bridgehead atoms. The fourth-order valence-corrected chi connectivity index (χ4v) is 2.49. The summed E-state index contributed by atoms with van der Waals surface area (Å²) in [4.78, 5) is 35.8. The van der Waals surface area contributed by atoms with E-state index in [9.17, 15) is 14.4 Å². The molecule has 29 heavy (non-hydrogen) atoms. The number of carbonyl (C=O) groups is 3. The van der Waals surface area contributed by atoms with Crippen LogP contribution in [0.1, 0.15) is 11.1 Å². The number of nitrogens with one attached hydrogen (secondary N) is 1. The van der Waals surface area contributed by atoms with Crippen LogP contribution >= 0.6 is 0 Å². The molecular formula is C22H23NO6. The van der Waals surface area contributed by atoms with E-state index in [-0.39, 0.29) is 6.42 Å². The molecule has 1 N–H and O–H groups in total. The van der Waals surface area contributed by atoms with Crippen LogP contribution in [-0.4, -0.2) is 44.7 Å². The van der Waals surface area contributed by atoms with E-state index in [4.69, 9.17) is 14.2 Å². The lowest BCUT2D eigenvalue weighted by atomic mass is 10.1. The maximum absolute atomic E-state index is 12.1. The quantitative estimate of drug-likeness (QED) is 0.515. The number of carbonyl (C=O) groups excluding carboxylic acids is 3. The Bertz CT molecular complexity index is 845. The Hall–Kier alpha value is -3.61. The monoisotopic (exact) mass is 397 g/mol. The predicted octanol–water partition coefficient (Wildman–Crippen LogP) is 2.15. The summed E-state index contributed by atoms with van der Waals surface area (Å²) in [5.41, 5.74) is 1.64. The first kappa shape index (κ1) is 21.7. The first-order valence-corrected chi connectivity index (χ1v) is 8.92. The summed E-state index contributed by atoms with van der Waals surface area (Å²) in [6, 6.07) is 15.4. The standard InChI is InChI=1S/C22H23NO6/c1-27-18-11-8-16(9-12-18)10-13-21(25)29-15-20(24)23-19(22(26)28-2)14-17-6-4-3-5-7-17/h3-13,19H,14-15H2,1-2H3,(H,23,24)/b13-10+/t19-/m0/s1. The molecule has 0 saturated carbocycles. The van der Waals surface area contributed by atoms with E-state index in [1.54, 1.807) is 37.5 Å². The summed E-state index contributed by atoms with van der Waals surface area (Å²) in [5.74, 6) is -1.14. The second kappa shape index (κ2) is 11.3. The molecule has 0 aromatic heterocycles. The van der Waals surface area contributed by atoms with Crippen LogP contribution in [0.4, 0.5) is 0 Å². The van der Waals surface area contributed by atoms with E-state index in [1.165, 1.54) is 13.2 Å². The highest BCUT2D eigenvalue weighted by Gasteiger charge is 2.22. The van der Waals surface area contributed by atoms with Gasteiger partial charge in [0.1, 0.15) is 11.8 Å². The molecule has 152 valence electrons. The number of methoxy groups -OCH3 is 2. The van der Waals surface area contributed by atoms with Crippen LogP contribution in [0.15, 0.2) is 60.7 Å². The number of ether oxygens (including phenoxy) is 3. The molecule has 1 atom stereocenters. The van der Waals surface area contributed by atoms with Gasteiger partial charge in [0.2, 0.25) is 0 Å². The molecule has 0 spiro atoms. The molecule has 0 aliphatic heterocycles. The molecule has 2 aromatic carbocycles. The van der Waals surface area contributed by atoms with E-state index in [1.807, 2.05) is 30.3 Å². The summed E-state index contributed by atoms with van der Waals surface area (Å²) < 4.78 is 14.7. The minimum Gasteiger partial charge on any atom is -0.497 e. The van der Waals surface area contributed by atoms with Gasteiger partial charge in [0.15, 0.2) is 6.61 Å². The van der Waals surface area contributed by atoms with Gasteiger partial charge in [-0.15, -0.1) is 0 Å². The second-order valence-corrected chi connectivity index (χ2v) is 6.05. The van der Waals surface area contributed by atoms with Crippen molar-refractivity contribution in [2.75, 3.05) is 20.8 Å². The zero-order chi connectivity index (χ0) is 21.1. The van der Waals surface area contributed by atoms with Crippen molar-refractivity contribution in [1.29, 1.82) is 0 Å². The Morgan fingerprint density at radius 1 is 1.00 bits per heavy atom. The average molecular weight is 397 g/mol. The minimum atomic E-state index is -0.872. The summed E-state index contributed by atoms with van der Waals surface area (Å²) in [5, 5.41) is 2.53. The van der Waals surface area contributed by atoms with Crippen molar-refractivity contribution in [3.8, 4) is 5.75 Å². The lowest BCUT2D eigenvalue weighted by molar-refractivity contribution is -0.147. The highest BCUT2D eigenvalue weighted by Crippen LogP contribution is 2.12. The second-order valence-electron chi connectivity index (χ2n) is 6.05. The third-order valence-electron chi connectivity index (χ3n) is 3.98. The van der Waals surface area contributed by atoms with Crippen molar-refractivity contribution in [3.63, 3.8) is 0 Å². The van der Waals surface area contributed by atoms with Gasteiger partial charge in [0, 0.05) is 12.5 Å². The highest BCUT2D eigenvalue weighted by atomic mass is 16.5. The predicted molar refractivity (Wildman–Crippen MR) is 107 cm³/mol. The number of benzene rings is 2. The fraction of sp³-hybridized carbons (Fsp3) is 0.227. The van der Waals surface area contributed by atoms with Crippen molar-refractivity contribution in [2.24, 2.45) is 0 Å². The van der Waals surface area contributed by atoms with Crippen molar-refractivity contribution in [2.45, 2.75) is 12.5 Å².